The summed E-state index contributed by atoms with van der Waals surface area (Å²) >= 11 is 0. The summed E-state index contributed by atoms with van der Waals surface area (Å²) in [6.07, 6.45) is -0.339. The van der Waals surface area contributed by atoms with Gasteiger partial charge in [-0.25, -0.2) is 0 Å². The fourth-order valence-electron chi connectivity index (χ4n) is 1.89. The summed E-state index contributed by atoms with van der Waals surface area (Å²) in [6, 6.07) is 7.69. The zero-order valence-corrected chi connectivity index (χ0v) is 9.97. The number of nitrogens with zero attached hydrogens (tertiary/aromatic N) is 1. The van der Waals surface area contributed by atoms with Crippen LogP contribution in [0.2, 0.25) is 0 Å². The molecule has 0 saturated carbocycles. The zero-order valence-electron chi connectivity index (χ0n) is 9.97. The molecule has 1 aliphatic rings. The number of carbonyl (C=O) groups is 1. The first-order valence-electron chi connectivity index (χ1n) is 5.44. The lowest BCUT2D eigenvalue weighted by molar-refractivity contribution is -0.116. The van der Waals surface area contributed by atoms with Crippen LogP contribution in [0.3, 0.4) is 0 Å². The van der Waals surface area contributed by atoms with Gasteiger partial charge in [-0.2, -0.15) is 0 Å². The molecule has 1 N–H and O–H groups in total. The van der Waals surface area contributed by atoms with Crippen LogP contribution in [0.5, 0.6) is 0 Å². The summed E-state index contributed by atoms with van der Waals surface area (Å²) in [4.78, 5) is 13.5. The van der Waals surface area contributed by atoms with E-state index in [-0.39, 0.29) is 12.2 Å². The topological polar surface area (TPSA) is 50.8 Å². The number of nitrogens with one attached hydrogen (secondary N) is 1. The zero-order chi connectivity index (χ0) is 12.3. The molecule has 2 rings (SSSR count). The highest BCUT2D eigenvalue weighted by atomic mass is 16.7. The fourth-order valence-corrected chi connectivity index (χ4v) is 1.89. The second-order valence-corrected chi connectivity index (χ2v) is 3.85. The number of carbonyl (C=O) groups excluding carboxylic acids is 1. The molecule has 1 aromatic carbocycles. The third-order valence-corrected chi connectivity index (χ3v) is 2.75. The molecule has 17 heavy (non-hydrogen) atoms. The number of fused-ring (bicyclic) bond motifs is 1. The van der Waals surface area contributed by atoms with E-state index in [1.54, 1.807) is 14.2 Å². The second-order valence-electron chi connectivity index (χ2n) is 3.85. The van der Waals surface area contributed by atoms with E-state index in [4.69, 9.17) is 9.47 Å². The minimum atomic E-state index is -0.339. The van der Waals surface area contributed by atoms with Crippen LogP contribution in [0.4, 0.5) is 11.4 Å². The molecule has 0 bridgehead atoms. The third-order valence-electron chi connectivity index (χ3n) is 2.75. The number of amides is 1. The normalized spacial score (nSPS) is 14.8. The average Bonchev–Trinajstić information content (AvgIpc) is 2.35. The van der Waals surface area contributed by atoms with E-state index in [1.165, 1.54) is 0 Å². The standard InChI is InChI=1S/C12H16N2O3/c1-16-12(17-2)8-14-7-11(15)13-9-5-3-4-6-10(9)14/h3-6,12H,7-8H2,1-2H3,(H,13,15). The molecule has 92 valence electrons. The van der Waals surface area contributed by atoms with Gasteiger partial charge in [-0.15, -0.1) is 0 Å². The molecule has 1 aliphatic heterocycles. The van der Waals surface area contributed by atoms with E-state index >= 15 is 0 Å². The molecule has 0 atom stereocenters. The van der Waals surface area contributed by atoms with Gasteiger partial charge in [0, 0.05) is 14.2 Å². The summed E-state index contributed by atoms with van der Waals surface area (Å²) in [7, 11) is 3.17. The molecule has 5 heteroatoms. The van der Waals surface area contributed by atoms with Gasteiger partial charge in [-0.05, 0) is 12.1 Å². The first-order valence-corrected chi connectivity index (χ1v) is 5.44. The highest BCUT2D eigenvalue weighted by molar-refractivity contribution is 6.01. The molecule has 0 saturated heterocycles. The quantitative estimate of drug-likeness (QED) is 0.794. The second kappa shape index (κ2) is 5.16. The highest BCUT2D eigenvalue weighted by Crippen LogP contribution is 2.28. The van der Waals surface area contributed by atoms with Crippen molar-refractivity contribution in [2.45, 2.75) is 6.29 Å². The van der Waals surface area contributed by atoms with Crippen molar-refractivity contribution in [2.75, 3.05) is 37.5 Å². The summed E-state index contributed by atoms with van der Waals surface area (Å²) in [5, 5.41) is 2.84. The predicted molar refractivity (Wildman–Crippen MR) is 65.1 cm³/mol. The van der Waals surface area contributed by atoms with Gasteiger partial charge in [0.25, 0.3) is 0 Å². The monoisotopic (exact) mass is 236 g/mol. The van der Waals surface area contributed by atoms with Gasteiger partial charge < -0.3 is 19.7 Å². The summed E-state index contributed by atoms with van der Waals surface area (Å²) in [6.45, 7) is 0.845. The van der Waals surface area contributed by atoms with Crippen molar-refractivity contribution < 1.29 is 14.3 Å². The van der Waals surface area contributed by atoms with Crippen LogP contribution in [0.25, 0.3) is 0 Å². The lowest BCUT2D eigenvalue weighted by Gasteiger charge is -2.32. The number of hydrogen-bond acceptors (Lipinski definition) is 4. The van der Waals surface area contributed by atoms with Gasteiger partial charge in [0.1, 0.15) is 0 Å². The van der Waals surface area contributed by atoms with Gasteiger partial charge in [0.2, 0.25) is 5.91 Å². The van der Waals surface area contributed by atoms with Crippen molar-refractivity contribution in [1.29, 1.82) is 0 Å². The molecule has 1 aromatic rings. The average molecular weight is 236 g/mol. The van der Waals surface area contributed by atoms with Crippen molar-refractivity contribution >= 4 is 17.3 Å². The van der Waals surface area contributed by atoms with Gasteiger partial charge in [0.05, 0.1) is 24.5 Å². The van der Waals surface area contributed by atoms with Crippen LogP contribution in [0.15, 0.2) is 24.3 Å². The van der Waals surface area contributed by atoms with Crippen LogP contribution in [0.1, 0.15) is 0 Å². The lowest BCUT2D eigenvalue weighted by Crippen LogP contribution is -2.43. The Morgan fingerprint density at radius 1 is 1.35 bits per heavy atom. The van der Waals surface area contributed by atoms with Crippen molar-refractivity contribution in [1.82, 2.24) is 0 Å². The van der Waals surface area contributed by atoms with Crippen LogP contribution in [-0.2, 0) is 14.3 Å². The SMILES string of the molecule is COC(CN1CC(=O)Nc2ccccc21)OC. The van der Waals surface area contributed by atoms with Crippen molar-refractivity contribution in [3.8, 4) is 0 Å². The molecule has 5 nitrogen and oxygen atoms in total. The number of anilines is 2. The minimum absolute atomic E-state index is 0.0188. The summed E-state index contributed by atoms with van der Waals surface area (Å²) in [5.41, 5.74) is 1.82. The largest absolute Gasteiger partial charge is 0.355 e. The van der Waals surface area contributed by atoms with Gasteiger partial charge in [0.15, 0.2) is 6.29 Å². The number of benzene rings is 1. The van der Waals surface area contributed by atoms with Crippen LogP contribution in [-0.4, -0.2) is 39.5 Å². The first kappa shape index (κ1) is 11.9. The van der Waals surface area contributed by atoms with E-state index < -0.39 is 0 Å². The first-order chi connectivity index (χ1) is 8.24. The van der Waals surface area contributed by atoms with Crippen molar-refractivity contribution in [2.24, 2.45) is 0 Å². The molecular formula is C12H16N2O3. The number of para-hydroxylation sites is 2. The predicted octanol–water partition coefficient (Wildman–Crippen LogP) is 1.06. The molecule has 1 amide bonds. The molecule has 0 unspecified atom stereocenters. The van der Waals surface area contributed by atoms with E-state index in [9.17, 15) is 4.79 Å². The molecule has 0 radical (unpaired) electrons. The maximum atomic E-state index is 11.6. The van der Waals surface area contributed by atoms with Gasteiger partial charge in [-0.3, -0.25) is 4.79 Å². The highest BCUT2D eigenvalue weighted by Gasteiger charge is 2.23. The Morgan fingerprint density at radius 2 is 2.06 bits per heavy atom. The molecule has 0 spiro atoms. The maximum absolute atomic E-state index is 11.6. The van der Waals surface area contributed by atoms with Crippen molar-refractivity contribution in [3.05, 3.63) is 24.3 Å². The van der Waals surface area contributed by atoms with E-state index in [1.807, 2.05) is 29.2 Å². The molecular weight excluding hydrogens is 220 g/mol. The van der Waals surface area contributed by atoms with E-state index in [2.05, 4.69) is 5.32 Å². The Bertz CT molecular complexity index is 404. The Balaban J connectivity index is 2.20. The van der Waals surface area contributed by atoms with Crippen LogP contribution in [0, 0.1) is 0 Å². The number of methoxy groups -OCH3 is 2. The van der Waals surface area contributed by atoms with Crippen molar-refractivity contribution in [3.63, 3.8) is 0 Å². The summed E-state index contributed by atoms with van der Waals surface area (Å²) < 4.78 is 10.3. The maximum Gasteiger partial charge on any atom is 0.243 e. The fraction of sp³-hybridized carbons (Fsp3) is 0.417. The van der Waals surface area contributed by atoms with Crippen LogP contribution < -0.4 is 10.2 Å². The lowest BCUT2D eigenvalue weighted by atomic mass is 10.2. The summed E-state index contributed by atoms with van der Waals surface area (Å²) in [5.74, 6) is -0.0188. The van der Waals surface area contributed by atoms with E-state index in [0.29, 0.717) is 13.1 Å². The number of rotatable bonds is 4. The van der Waals surface area contributed by atoms with Crippen LogP contribution >= 0.6 is 0 Å². The number of hydrogen-bond donors (Lipinski definition) is 1. The molecule has 1 heterocycles. The Morgan fingerprint density at radius 3 is 2.76 bits per heavy atom. The minimum Gasteiger partial charge on any atom is -0.355 e. The molecule has 0 aromatic heterocycles. The molecule has 0 fully saturated rings. The van der Waals surface area contributed by atoms with Gasteiger partial charge >= 0.3 is 0 Å². The van der Waals surface area contributed by atoms with E-state index in [0.717, 1.165) is 11.4 Å². The number of ether oxygens (including phenoxy) is 2. The Kier molecular flexibility index (Phi) is 3.61. The van der Waals surface area contributed by atoms with Gasteiger partial charge in [-0.1, -0.05) is 12.1 Å². The molecule has 0 aliphatic carbocycles. The Labute approximate surface area is 100 Å². The Hall–Kier alpha value is -1.59. The smallest absolute Gasteiger partial charge is 0.243 e. The third kappa shape index (κ3) is 2.57.